The maximum absolute atomic E-state index is 5.34. The maximum atomic E-state index is 5.34. The summed E-state index contributed by atoms with van der Waals surface area (Å²) < 4.78 is 10.5. The summed E-state index contributed by atoms with van der Waals surface area (Å²) in [6.45, 7) is 4.75. The molecule has 1 N–H and O–H groups in total. The zero-order chi connectivity index (χ0) is 14.3. The zero-order valence-corrected chi connectivity index (χ0v) is 12.7. The van der Waals surface area contributed by atoms with Gasteiger partial charge in [0.15, 0.2) is 0 Å². The second kappa shape index (κ2) is 8.15. The first-order valence-electron chi connectivity index (χ1n) is 6.62. The zero-order valence-electron chi connectivity index (χ0n) is 12.7. The molecule has 0 aliphatic rings. The molecule has 0 bridgehead atoms. The van der Waals surface area contributed by atoms with Gasteiger partial charge in [-0.2, -0.15) is 0 Å². The quantitative estimate of drug-likeness (QED) is 0.781. The van der Waals surface area contributed by atoms with Gasteiger partial charge in [0.1, 0.15) is 5.75 Å². The van der Waals surface area contributed by atoms with Crippen molar-refractivity contribution in [1.82, 2.24) is 10.2 Å². The molecule has 1 rings (SSSR count). The van der Waals surface area contributed by atoms with Gasteiger partial charge in [-0.1, -0.05) is 6.07 Å². The molecular weight excluding hydrogens is 240 g/mol. The van der Waals surface area contributed by atoms with Crippen molar-refractivity contribution in [2.45, 2.75) is 19.6 Å². The molecule has 0 aliphatic heterocycles. The van der Waals surface area contributed by atoms with E-state index in [0.29, 0.717) is 12.6 Å². The number of nitrogens with zero attached hydrogens (tertiary/aromatic N) is 1. The van der Waals surface area contributed by atoms with Crippen molar-refractivity contribution in [1.29, 1.82) is 0 Å². The van der Waals surface area contributed by atoms with Crippen LogP contribution in [0.1, 0.15) is 24.1 Å². The predicted molar refractivity (Wildman–Crippen MR) is 78.7 cm³/mol. The van der Waals surface area contributed by atoms with Crippen molar-refractivity contribution in [2.24, 2.45) is 0 Å². The Morgan fingerprint density at radius 3 is 2.58 bits per heavy atom. The minimum atomic E-state index is 0.321. The third-order valence-corrected chi connectivity index (χ3v) is 3.11. The average Bonchev–Trinajstić information content (AvgIpc) is 2.38. The van der Waals surface area contributed by atoms with E-state index in [9.17, 15) is 0 Å². The van der Waals surface area contributed by atoms with E-state index in [-0.39, 0.29) is 0 Å². The Morgan fingerprint density at radius 1 is 1.26 bits per heavy atom. The number of hydrogen-bond acceptors (Lipinski definition) is 4. The summed E-state index contributed by atoms with van der Waals surface area (Å²) >= 11 is 0. The van der Waals surface area contributed by atoms with Crippen LogP contribution in [0.3, 0.4) is 0 Å². The summed E-state index contributed by atoms with van der Waals surface area (Å²) in [5.74, 6) is 0.881. The molecule has 1 aromatic rings. The monoisotopic (exact) mass is 266 g/mol. The van der Waals surface area contributed by atoms with Crippen molar-refractivity contribution in [3.8, 4) is 5.75 Å². The van der Waals surface area contributed by atoms with E-state index >= 15 is 0 Å². The molecule has 19 heavy (non-hydrogen) atoms. The summed E-state index contributed by atoms with van der Waals surface area (Å²) in [5, 5.41) is 3.51. The molecule has 1 aromatic carbocycles. The summed E-state index contributed by atoms with van der Waals surface area (Å²) in [5.41, 5.74) is 2.34. The van der Waals surface area contributed by atoms with Gasteiger partial charge < -0.3 is 19.7 Å². The number of likely N-dealkylation sites (N-methyl/N-ethyl adjacent to an activating group) is 1. The van der Waals surface area contributed by atoms with Gasteiger partial charge in [-0.15, -0.1) is 0 Å². The van der Waals surface area contributed by atoms with E-state index in [2.05, 4.69) is 43.4 Å². The van der Waals surface area contributed by atoms with E-state index in [1.165, 1.54) is 5.56 Å². The first kappa shape index (κ1) is 16.0. The fourth-order valence-electron chi connectivity index (χ4n) is 1.96. The summed E-state index contributed by atoms with van der Waals surface area (Å²) in [6, 6.07) is 6.58. The molecule has 0 saturated heterocycles. The topological polar surface area (TPSA) is 33.7 Å². The Hall–Kier alpha value is -1.10. The highest BCUT2D eigenvalue weighted by atomic mass is 16.5. The molecule has 0 spiro atoms. The Labute approximate surface area is 116 Å². The van der Waals surface area contributed by atoms with Crippen molar-refractivity contribution < 1.29 is 9.47 Å². The highest BCUT2D eigenvalue weighted by Gasteiger charge is 2.09. The molecular formula is C15H26N2O2. The van der Waals surface area contributed by atoms with Crippen LogP contribution < -0.4 is 10.1 Å². The highest BCUT2D eigenvalue weighted by molar-refractivity contribution is 5.38. The van der Waals surface area contributed by atoms with Crippen molar-refractivity contribution in [3.05, 3.63) is 29.3 Å². The lowest BCUT2D eigenvalue weighted by molar-refractivity contribution is 0.181. The third kappa shape index (κ3) is 5.19. The average molecular weight is 266 g/mol. The second-order valence-corrected chi connectivity index (χ2v) is 4.98. The van der Waals surface area contributed by atoms with Crippen molar-refractivity contribution in [2.75, 3.05) is 41.4 Å². The largest absolute Gasteiger partial charge is 0.496 e. The molecule has 0 heterocycles. The second-order valence-electron chi connectivity index (χ2n) is 4.98. The lowest BCUT2D eigenvalue weighted by Gasteiger charge is -2.18. The fraction of sp³-hybridized carbons (Fsp3) is 0.600. The Morgan fingerprint density at radius 2 is 2.00 bits per heavy atom. The molecule has 4 nitrogen and oxygen atoms in total. The van der Waals surface area contributed by atoms with Crippen LogP contribution in [0.2, 0.25) is 0 Å². The van der Waals surface area contributed by atoms with Crippen LogP contribution in [0.15, 0.2) is 18.2 Å². The van der Waals surface area contributed by atoms with Crippen LogP contribution in [-0.4, -0.2) is 46.3 Å². The predicted octanol–water partition coefficient (Wildman–Crippen LogP) is 2.05. The van der Waals surface area contributed by atoms with Crippen LogP contribution in [0, 0.1) is 0 Å². The Balaban J connectivity index is 2.68. The standard InChI is InChI=1S/C15H26N2O2/c1-12(16-8-9-17(2)3)13-6-7-15(19-5)14(10-13)11-18-4/h6-7,10,12,16H,8-9,11H2,1-5H3. The van der Waals surface area contributed by atoms with Gasteiger partial charge in [-0.25, -0.2) is 0 Å². The van der Waals surface area contributed by atoms with Crippen molar-refractivity contribution >= 4 is 0 Å². The van der Waals surface area contributed by atoms with Gasteiger partial charge in [0.05, 0.1) is 13.7 Å². The lowest BCUT2D eigenvalue weighted by atomic mass is 10.0. The minimum Gasteiger partial charge on any atom is -0.496 e. The lowest BCUT2D eigenvalue weighted by Crippen LogP contribution is -2.28. The SMILES string of the molecule is COCc1cc(C(C)NCCN(C)C)ccc1OC. The number of benzene rings is 1. The summed E-state index contributed by atoms with van der Waals surface area (Å²) in [4.78, 5) is 2.17. The van der Waals surface area contributed by atoms with Gasteiger partial charge in [-0.3, -0.25) is 0 Å². The van der Waals surface area contributed by atoms with Gasteiger partial charge in [0.25, 0.3) is 0 Å². The number of methoxy groups -OCH3 is 2. The molecule has 0 amide bonds. The molecule has 0 radical (unpaired) electrons. The van der Waals surface area contributed by atoms with Gasteiger partial charge in [0, 0.05) is 31.8 Å². The first-order valence-corrected chi connectivity index (χ1v) is 6.62. The van der Waals surface area contributed by atoms with E-state index in [4.69, 9.17) is 9.47 Å². The molecule has 1 atom stereocenters. The Kier molecular flexibility index (Phi) is 6.84. The van der Waals surface area contributed by atoms with Gasteiger partial charge >= 0.3 is 0 Å². The Bertz CT molecular complexity index is 380. The molecule has 0 saturated carbocycles. The summed E-state index contributed by atoms with van der Waals surface area (Å²) in [6.07, 6.45) is 0. The van der Waals surface area contributed by atoms with Crippen LogP contribution in [0.4, 0.5) is 0 Å². The smallest absolute Gasteiger partial charge is 0.124 e. The fourth-order valence-corrected chi connectivity index (χ4v) is 1.96. The molecule has 4 heteroatoms. The van der Waals surface area contributed by atoms with Crippen LogP contribution in [0.25, 0.3) is 0 Å². The molecule has 0 fully saturated rings. The number of hydrogen-bond donors (Lipinski definition) is 1. The molecule has 0 aliphatic carbocycles. The first-order chi connectivity index (χ1) is 9.08. The van der Waals surface area contributed by atoms with Gasteiger partial charge in [0.2, 0.25) is 0 Å². The van der Waals surface area contributed by atoms with Crippen molar-refractivity contribution in [3.63, 3.8) is 0 Å². The maximum Gasteiger partial charge on any atom is 0.124 e. The van der Waals surface area contributed by atoms with E-state index < -0.39 is 0 Å². The number of ether oxygens (including phenoxy) is 2. The molecule has 1 unspecified atom stereocenters. The van der Waals surface area contributed by atoms with Crippen LogP contribution in [0.5, 0.6) is 5.75 Å². The van der Waals surface area contributed by atoms with E-state index in [1.54, 1.807) is 14.2 Å². The third-order valence-electron chi connectivity index (χ3n) is 3.11. The normalized spacial score (nSPS) is 12.7. The number of rotatable bonds is 8. The van der Waals surface area contributed by atoms with E-state index in [1.807, 2.05) is 6.07 Å². The van der Waals surface area contributed by atoms with Crippen LogP contribution >= 0.6 is 0 Å². The van der Waals surface area contributed by atoms with E-state index in [0.717, 1.165) is 24.4 Å². The van der Waals surface area contributed by atoms with Crippen LogP contribution in [-0.2, 0) is 11.3 Å². The summed E-state index contributed by atoms with van der Waals surface area (Å²) in [7, 11) is 7.55. The highest BCUT2D eigenvalue weighted by Crippen LogP contribution is 2.23. The minimum absolute atomic E-state index is 0.321. The van der Waals surface area contributed by atoms with Gasteiger partial charge in [-0.05, 0) is 38.7 Å². The number of nitrogens with one attached hydrogen (secondary N) is 1. The molecule has 0 aromatic heterocycles. The molecule has 108 valence electrons.